The fourth-order valence-electron chi connectivity index (χ4n) is 6.38. The fourth-order valence-corrected chi connectivity index (χ4v) is 6.38. The van der Waals surface area contributed by atoms with Gasteiger partial charge in [0, 0.05) is 29.9 Å². The molecule has 7 rings (SSSR count). The number of fused-ring (bicyclic) bond motifs is 1. The van der Waals surface area contributed by atoms with Gasteiger partial charge in [-0.15, -0.1) is 0 Å². The van der Waals surface area contributed by atoms with Crippen molar-refractivity contribution in [3.8, 4) is 0 Å². The Morgan fingerprint density at radius 2 is 1.86 bits per heavy atom. The van der Waals surface area contributed by atoms with E-state index in [9.17, 15) is 4.79 Å². The van der Waals surface area contributed by atoms with Crippen LogP contribution in [-0.4, -0.2) is 33.3 Å². The molecular weight excluding hydrogens is 369 g/mol. The molecule has 1 aromatic carbocycles. The number of halogens is 1. The summed E-state index contributed by atoms with van der Waals surface area (Å²) in [4.78, 5) is 24.8. The Balaban J connectivity index is 1.44. The predicted octanol–water partition coefficient (Wildman–Crippen LogP) is 3.11. The van der Waals surface area contributed by atoms with E-state index < -0.39 is 5.67 Å². The molecule has 2 atom stereocenters. The normalized spacial score (nSPS) is 36.5. The van der Waals surface area contributed by atoms with Crippen molar-refractivity contribution in [1.29, 1.82) is 0 Å². The lowest BCUT2D eigenvalue weighted by Crippen LogP contribution is -2.62. The van der Waals surface area contributed by atoms with E-state index in [1.807, 2.05) is 18.2 Å². The minimum absolute atomic E-state index is 0.243. The molecule has 4 fully saturated rings. The Bertz CT molecular complexity index is 1080. The SMILES string of the molecule is O=C1C=NC(=C(NC23CC4CC(CC(F)(C4)C2)C3)c2ccc3nccnc3c2)N1. The molecule has 4 aliphatic carbocycles. The molecule has 5 aliphatic rings. The first-order chi connectivity index (χ1) is 14.0. The van der Waals surface area contributed by atoms with Crippen LogP contribution in [0, 0.1) is 11.8 Å². The number of hydrogen-bond acceptors (Lipinski definition) is 5. The second kappa shape index (κ2) is 5.84. The standard InChI is InChI=1S/C22H22FN5O/c23-21-7-13-5-14(8-21)10-22(9-13,12-21)28-19(20-26-11-18(29)27-20)15-1-2-16-17(6-15)25-4-3-24-16/h1-4,6,11,13-14,28H,5,7-10,12H2,(H,27,29). The van der Waals surface area contributed by atoms with Crippen molar-refractivity contribution in [2.24, 2.45) is 16.8 Å². The quantitative estimate of drug-likeness (QED) is 0.843. The van der Waals surface area contributed by atoms with Crippen molar-refractivity contribution in [3.05, 3.63) is 42.0 Å². The Kier molecular flexibility index (Phi) is 3.44. The summed E-state index contributed by atoms with van der Waals surface area (Å²) < 4.78 is 15.5. The van der Waals surface area contributed by atoms with Gasteiger partial charge in [-0.05, 0) is 56.1 Å². The summed E-state index contributed by atoms with van der Waals surface area (Å²) in [5.74, 6) is 1.11. The van der Waals surface area contributed by atoms with Crippen LogP contribution in [0.3, 0.4) is 0 Å². The van der Waals surface area contributed by atoms with Gasteiger partial charge in [-0.25, -0.2) is 9.38 Å². The van der Waals surface area contributed by atoms with E-state index >= 15 is 4.39 Å². The maximum atomic E-state index is 15.5. The number of rotatable bonds is 3. The van der Waals surface area contributed by atoms with Gasteiger partial charge in [-0.3, -0.25) is 14.8 Å². The van der Waals surface area contributed by atoms with Crippen LogP contribution in [0.1, 0.15) is 44.1 Å². The van der Waals surface area contributed by atoms with E-state index in [-0.39, 0.29) is 11.4 Å². The third kappa shape index (κ3) is 2.82. The Hall–Kier alpha value is -2.83. The third-order valence-electron chi connectivity index (χ3n) is 6.93. The maximum Gasteiger partial charge on any atom is 0.268 e. The highest BCUT2D eigenvalue weighted by molar-refractivity contribution is 6.29. The van der Waals surface area contributed by atoms with Gasteiger partial charge < -0.3 is 10.6 Å². The van der Waals surface area contributed by atoms with Crippen LogP contribution >= 0.6 is 0 Å². The summed E-state index contributed by atoms with van der Waals surface area (Å²) in [5, 5.41) is 6.51. The van der Waals surface area contributed by atoms with Gasteiger partial charge in [0.2, 0.25) is 0 Å². The molecule has 2 N–H and O–H groups in total. The largest absolute Gasteiger partial charge is 0.376 e. The number of aromatic nitrogens is 2. The molecule has 148 valence electrons. The number of hydrogen-bond donors (Lipinski definition) is 2. The molecule has 0 spiro atoms. The number of carbonyl (C=O) groups excluding carboxylic acids is 1. The summed E-state index contributed by atoms with van der Waals surface area (Å²) in [5.41, 5.74) is 1.83. The van der Waals surface area contributed by atoms with E-state index in [1.165, 1.54) is 6.21 Å². The molecule has 1 aliphatic heterocycles. The highest BCUT2D eigenvalue weighted by Crippen LogP contribution is 2.59. The van der Waals surface area contributed by atoms with E-state index in [2.05, 4.69) is 25.6 Å². The number of benzene rings is 1. The molecule has 2 unspecified atom stereocenters. The van der Waals surface area contributed by atoms with E-state index in [4.69, 9.17) is 0 Å². The van der Waals surface area contributed by atoms with Gasteiger partial charge in [0.15, 0.2) is 5.82 Å². The summed E-state index contributed by atoms with van der Waals surface area (Å²) in [6, 6.07) is 5.82. The lowest BCUT2D eigenvalue weighted by molar-refractivity contribution is -0.113. The average molecular weight is 391 g/mol. The maximum absolute atomic E-state index is 15.5. The summed E-state index contributed by atoms with van der Waals surface area (Å²) in [6.07, 6.45) is 9.60. The van der Waals surface area contributed by atoms with E-state index in [0.717, 1.165) is 41.6 Å². The molecule has 4 saturated carbocycles. The molecule has 29 heavy (non-hydrogen) atoms. The molecule has 4 bridgehead atoms. The number of nitrogens with one attached hydrogen (secondary N) is 2. The van der Waals surface area contributed by atoms with Crippen LogP contribution in [0.5, 0.6) is 0 Å². The molecule has 1 aromatic heterocycles. The van der Waals surface area contributed by atoms with Crippen LogP contribution in [0.4, 0.5) is 4.39 Å². The van der Waals surface area contributed by atoms with Gasteiger partial charge in [0.25, 0.3) is 5.91 Å². The van der Waals surface area contributed by atoms with Crippen LogP contribution in [0.2, 0.25) is 0 Å². The van der Waals surface area contributed by atoms with Crippen molar-refractivity contribution >= 4 is 28.9 Å². The predicted molar refractivity (Wildman–Crippen MR) is 107 cm³/mol. The Morgan fingerprint density at radius 3 is 2.55 bits per heavy atom. The number of nitrogens with zero attached hydrogens (tertiary/aromatic N) is 3. The Labute approximate surface area is 167 Å². The first-order valence-electron chi connectivity index (χ1n) is 10.3. The number of amides is 1. The van der Waals surface area contributed by atoms with Gasteiger partial charge in [0.1, 0.15) is 5.67 Å². The number of alkyl halides is 1. The minimum atomic E-state index is -1.07. The van der Waals surface area contributed by atoms with Crippen LogP contribution in [0.15, 0.2) is 41.4 Å². The van der Waals surface area contributed by atoms with Crippen molar-refractivity contribution in [2.45, 2.75) is 49.7 Å². The highest BCUT2D eigenvalue weighted by Gasteiger charge is 2.58. The molecule has 6 nitrogen and oxygen atoms in total. The zero-order chi connectivity index (χ0) is 19.6. The first kappa shape index (κ1) is 17.1. The highest BCUT2D eigenvalue weighted by atomic mass is 19.1. The van der Waals surface area contributed by atoms with Crippen LogP contribution in [0.25, 0.3) is 16.7 Å². The van der Waals surface area contributed by atoms with Crippen molar-refractivity contribution in [3.63, 3.8) is 0 Å². The average Bonchev–Trinajstić information content (AvgIpc) is 3.10. The topological polar surface area (TPSA) is 79.3 Å². The van der Waals surface area contributed by atoms with Crippen molar-refractivity contribution in [2.75, 3.05) is 0 Å². The minimum Gasteiger partial charge on any atom is -0.376 e. The molecule has 2 heterocycles. The third-order valence-corrected chi connectivity index (χ3v) is 6.93. The molecular formula is C22H22FN5O. The lowest BCUT2D eigenvalue weighted by atomic mass is 9.51. The van der Waals surface area contributed by atoms with E-state index in [0.29, 0.717) is 36.9 Å². The number of carbonyl (C=O) groups is 1. The van der Waals surface area contributed by atoms with Gasteiger partial charge in [-0.2, -0.15) is 0 Å². The first-order valence-corrected chi connectivity index (χ1v) is 10.3. The van der Waals surface area contributed by atoms with E-state index in [1.54, 1.807) is 12.4 Å². The monoisotopic (exact) mass is 391 g/mol. The van der Waals surface area contributed by atoms with Gasteiger partial charge >= 0.3 is 0 Å². The molecule has 0 radical (unpaired) electrons. The van der Waals surface area contributed by atoms with Crippen molar-refractivity contribution in [1.82, 2.24) is 20.6 Å². The van der Waals surface area contributed by atoms with Crippen LogP contribution < -0.4 is 10.6 Å². The zero-order valence-electron chi connectivity index (χ0n) is 16.0. The summed E-state index contributed by atoms with van der Waals surface area (Å²) in [7, 11) is 0. The number of aliphatic imine (C=N–C) groups is 1. The molecule has 0 saturated heterocycles. The van der Waals surface area contributed by atoms with Gasteiger partial charge in [0.05, 0.1) is 22.9 Å². The zero-order valence-corrected chi connectivity index (χ0v) is 16.0. The smallest absolute Gasteiger partial charge is 0.268 e. The Morgan fingerprint density at radius 1 is 1.10 bits per heavy atom. The summed E-state index contributed by atoms with van der Waals surface area (Å²) in [6.45, 7) is 0. The fraction of sp³-hybridized carbons (Fsp3) is 0.455. The van der Waals surface area contributed by atoms with Crippen molar-refractivity contribution < 1.29 is 9.18 Å². The lowest BCUT2D eigenvalue weighted by Gasteiger charge is -2.59. The summed E-state index contributed by atoms with van der Waals surface area (Å²) >= 11 is 0. The second-order valence-corrected chi connectivity index (χ2v) is 9.25. The van der Waals surface area contributed by atoms with Crippen LogP contribution in [-0.2, 0) is 4.79 Å². The molecule has 2 aromatic rings. The second-order valence-electron chi connectivity index (χ2n) is 9.25. The molecule has 1 amide bonds. The molecule has 7 heteroatoms. The van der Waals surface area contributed by atoms with Gasteiger partial charge in [-0.1, -0.05) is 6.07 Å².